The van der Waals surface area contributed by atoms with Crippen molar-refractivity contribution in [3.63, 3.8) is 0 Å². The van der Waals surface area contributed by atoms with Gasteiger partial charge in [-0.1, -0.05) is 0 Å². The van der Waals surface area contributed by atoms with E-state index >= 15 is 0 Å². The molecular formula is C13H17NO3. The summed E-state index contributed by atoms with van der Waals surface area (Å²) in [7, 11) is 0. The molecule has 0 aliphatic heterocycles. The van der Waals surface area contributed by atoms with E-state index in [9.17, 15) is 4.79 Å². The Morgan fingerprint density at radius 2 is 2.24 bits per heavy atom. The number of nitrogen functional groups attached to an aromatic ring is 1. The third-order valence-corrected chi connectivity index (χ3v) is 2.83. The lowest BCUT2D eigenvalue weighted by Gasteiger charge is -2.07. The van der Waals surface area contributed by atoms with Gasteiger partial charge < -0.3 is 15.2 Å². The number of benzene rings is 1. The smallest absolute Gasteiger partial charge is 0.340 e. The molecule has 4 nitrogen and oxygen atoms in total. The molecular weight excluding hydrogens is 218 g/mol. The normalized spacial score (nSPS) is 14.6. The van der Waals surface area contributed by atoms with Crippen LogP contribution in [-0.4, -0.2) is 19.4 Å². The first-order valence-corrected chi connectivity index (χ1v) is 5.78. The number of carbonyl (C=O) groups is 1. The van der Waals surface area contributed by atoms with Crippen LogP contribution in [0, 0.1) is 12.8 Å². The number of anilines is 1. The number of nitrogens with two attached hydrogens (primary N) is 1. The molecule has 1 aromatic rings. The maximum absolute atomic E-state index is 11.6. The SMILES string of the molecule is Cc1cc(C(=O)OCOCC2CC2)ccc1N. The van der Waals surface area contributed by atoms with E-state index in [1.54, 1.807) is 18.2 Å². The largest absolute Gasteiger partial charge is 0.435 e. The highest BCUT2D eigenvalue weighted by molar-refractivity contribution is 5.90. The van der Waals surface area contributed by atoms with Gasteiger partial charge in [-0.2, -0.15) is 0 Å². The van der Waals surface area contributed by atoms with Gasteiger partial charge in [-0.3, -0.25) is 0 Å². The van der Waals surface area contributed by atoms with Gasteiger partial charge in [-0.05, 0) is 49.4 Å². The number of hydrogen-bond acceptors (Lipinski definition) is 4. The molecule has 1 aliphatic carbocycles. The van der Waals surface area contributed by atoms with E-state index in [0.717, 1.165) is 5.56 Å². The average molecular weight is 235 g/mol. The fraction of sp³-hybridized carbons (Fsp3) is 0.462. The van der Waals surface area contributed by atoms with Gasteiger partial charge in [0.15, 0.2) is 6.79 Å². The van der Waals surface area contributed by atoms with Gasteiger partial charge in [-0.25, -0.2) is 4.79 Å². The van der Waals surface area contributed by atoms with Crippen LogP contribution in [0.25, 0.3) is 0 Å². The van der Waals surface area contributed by atoms with Crippen LogP contribution in [-0.2, 0) is 9.47 Å². The number of esters is 1. The van der Waals surface area contributed by atoms with Gasteiger partial charge in [0, 0.05) is 5.69 Å². The van der Waals surface area contributed by atoms with E-state index in [1.165, 1.54) is 12.8 Å². The third-order valence-electron chi connectivity index (χ3n) is 2.83. The van der Waals surface area contributed by atoms with Crippen LogP contribution in [0.3, 0.4) is 0 Å². The zero-order chi connectivity index (χ0) is 12.3. The highest BCUT2D eigenvalue weighted by Gasteiger charge is 2.21. The molecule has 0 saturated heterocycles. The molecule has 0 unspecified atom stereocenters. The Bertz CT molecular complexity index is 413. The van der Waals surface area contributed by atoms with Gasteiger partial charge >= 0.3 is 5.97 Å². The van der Waals surface area contributed by atoms with Gasteiger partial charge in [0.2, 0.25) is 0 Å². The highest BCUT2D eigenvalue weighted by atomic mass is 16.7. The highest BCUT2D eigenvalue weighted by Crippen LogP contribution is 2.28. The maximum atomic E-state index is 11.6. The number of rotatable bonds is 5. The van der Waals surface area contributed by atoms with Crippen molar-refractivity contribution in [3.05, 3.63) is 29.3 Å². The van der Waals surface area contributed by atoms with Crippen LogP contribution in [0.2, 0.25) is 0 Å². The van der Waals surface area contributed by atoms with Gasteiger partial charge in [-0.15, -0.1) is 0 Å². The first-order valence-electron chi connectivity index (χ1n) is 5.78. The van der Waals surface area contributed by atoms with E-state index in [-0.39, 0.29) is 12.8 Å². The number of ether oxygens (including phenoxy) is 2. The van der Waals surface area contributed by atoms with Crippen molar-refractivity contribution in [2.24, 2.45) is 5.92 Å². The molecule has 17 heavy (non-hydrogen) atoms. The minimum absolute atomic E-state index is 0.0265. The molecule has 0 spiro atoms. The molecule has 1 saturated carbocycles. The van der Waals surface area contributed by atoms with Crippen molar-refractivity contribution in [2.45, 2.75) is 19.8 Å². The fourth-order valence-corrected chi connectivity index (χ4v) is 1.48. The molecule has 92 valence electrons. The fourth-order valence-electron chi connectivity index (χ4n) is 1.48. The Kier molecular flexibility index (Phi) is 3.64. The predicted molar refractivity (Wildman–Crippen MR) is 64.5 cm³/mol. The van der Waals surface area contributed by atoms with Crippen LogP contribution in [0.1, 0.15) is 28.8 Å². The average Bonchev–Trinajstić information content (AvgIpc) is 3.12. The second kappa shape index (κ2) is 5.19. The monoisotopic (exact) mass is 235 g/mol. The summed E-state index contributed by atoms with van der Waals surface area (Å²) in [6.45, 7) is 2.57. The quantitative estimate of drug-likeness (QED) is 0.367. The zero-order valence-electron chi connectivity index (χ0n) is 9.94. The van der Waals surface area contributed by atoms with Crippen LogP contribution in [0.5, 0.6) is 0 Å². The summed E-state index contributed by atoms with van der Waals surface area (Å²) in [6, 6.07) is 5.08. The van der Waals surface area contributed by atoms with Crippen LogP contribution >= 0.6 is 0 Å². The van der Waals surface area contributed by atoms with E-state index in [2.05, 4.69) is 0 Å². The number of carbonyl (C=O) groups excluding carboxylic acids is 1. The lowest BCUT2D eigenvalue weighted by atomic mass is 10.1. The molecule has 0 heterocycles. The van der Waals surface area contributed by atoms with Crippen molar-refractivity contribution in [1.82, 2.24) is 0 Å². The Hall–Kier alpha value is -1.55. The molecule has 1 fully saturated rings. The van der Waals surface area contributed by atoms with E-state index in [1.807, 2.05) is 6.92 Å². The summed E-state index contributed by atoms with van der Waals surface area (Å²) in [4.78, 5) is 11.6. The number of aryl methyl sites for hydroxylation is 1. The molecule has 0 aromatic heterocycles. The molecule has 0 amide bonds. The lowest BCUT2D eigenvalue weighted by Crippen LogP contribution is -2.10. The summed E-state index contributed by atoms with van der Waals surface area (Å²) in [5.41, 5.74) is 7.73. The Morgan fingerprint density at radius 3 is 2.88 bits per heavy atom. The molecule has 0 bridgehead atoms. The Balaban J connectivity index is 1.79. The standard InChI is InChI=1S/C13H17NO3/c1-9-6-11(4-5-12(9)14)13(15)17-8-16-7-10-2-3-10/h4-6,10H,2-3,7-8,14H2,1H3. The minimum atomic E-state index is -0.371. The molecule has 2 N–H and O–H groups in total. The van der Waals surface area contributed by atoms with Crippen LogP contribution in [0.4, 0.5) is 5.69 Å². The van der Waals surface area contributed by atoms with E-state index in [0.29, 0.717) is 23.8 Å². The van der Waals surface area contributed by atoms with Crippen molar-refractivity contribution < 1.29 is 14.3 Å². The molecule has 0 radical (unpaired) electrons. The summed E-state index contributed by atoms with van der Waals surface area (Å²) < 4.78 is 10.2. The molecule has 0 atom stereocenters. The Labute approximate surface area is 101 Å². The molecule has 2 rings (SSSR count). The van der Waals surface area contributed by atoms with Crippen molar-refractivity contribution in [3.8, 4) is 0 Å². The van der Waals surface area contributed by atoms with Crippen molar-refractivity contribution in [1.29, 1.82) is 0 Å². The summed E-state index contributed by atoms with van der Waals surface area (Å²) in [5.74, 6) is 0.302. The summed E-state index contributed by atoms with van der Waals surface area (Å²) in [6.07, 6.45) is 2.45. The molecule has 1 aromatic carbocycles. The second-order valence-electron chi connectivity index (χ2n) is 4.44. The minimum Gasteiger partial charge on any atom is -0.435 e. The first-order chi connectivity index (χ1) is 8.16. The Morgan fingerprint density at radius 1 is 1.47 bits per heavy atom. The second-order valence-corrected chi connectivity index (χ2v) is 4.44. The molecule has 4 heteroatoms. The number of hydrogen-bond donors (Lipinski definition) is 1. The maximum Gasteiger partial charge on any atom is 0.340 e. The summed E-state index contributed by atoms with van der Waals surface area (Å²) >= 11 is 0. The van der Waals surface area contributed by atoms with Gasteiger partial charge in [0.25, 0.3) is 0 Å². The summed E-state index contributed by atoms with van der Waals surface area (Å²) in [5, 5.41) is 0. The van der Waals surface area contributed by atoms with Crippen molar-refractivity contribution in [2.75, 3.05) is 19.1 Å². The van der Waals surface area contributed by atoms with E-state index in [4.69, 9.17) is 15.2 Å². The predicted octanol–water partition coefficient (Wildman–Crippen LogP) is 2.12. The van der Waals surface area contributed by atoms with Crippen LogP contribution in [0.15, 0.2) is 18.2 Å². The van der Waals surface area contributed by atoms with Gasteiger partial charge in [0.05, 0.1) is 12.2 Å². The topological polar surface area (TPSA) is 61.5 Å². The molecule has 1 aliphatic rings. The van der Waals surface area contributed by atoms with Crippen molar-refractivity contribution >= 4 is 11.7 Å². The van der Waals surface area contributed by atoms with Crippen LogP contribution < -0.4 is 5.73 Å². The zero-order valence-corrected chi connectivity index (χ0v) is 9.94. The van der Waals surface area contributed by atoms with Gasteiger partial charge in [0.1, 0.15) is 0 Å². The third kappa shape index (κ3) is 3.46. The lowest BCUT2D eigenvalue weighted by molar-refractivity contribution is -0.0344. The van der Waals surface area contributed by atoms with E-state index < -0.39 is 0 Å². The first kappa shape index (κ1) is 11.9.